The number of ether oxygens (including phenoxy) is 1. The Morgan fingerprint density at radius 2 is 1.93 bits per heavy atom. The Labute approximate surface area is 241 Å². The number of carbonyl (C=O) groups excluding carboxylic acids is 2. The van der Waals surface area contributed by atoms with Crippen LogP contribution in [0.15, 0.2) is 35.9 Å². The summed E-state index contributed by atoms with van der Waals surface area (Å²) in [7, 11) is 0. The minimum Gasteiger partial charge on any atom is -0.398 e. The van der Waals surface area contributed by atoms with Crippen LogP contribution < -0.4 is 10.6 Å². The van der Waals surface area contributed by atoms with E-state index in [9.17, 15) is 22.8 Å². The monoisotopic (exact) mass is 609 g/mol. The summed E-state index contributed by atoms with van der Waals surface area (Å²) < 4.78 is 47.6. The van der Waals surface area contributed by atoms with Crippen molar-refractivity contribution in [3.05, 3.63) is 62.6 Å². The number of ketones is 1. The SMILES string of the molecule is NC(=C(CO[C@@H]1C[C@@H]2C[C@H]1CN2c1nc2c(C(F)(F)F)cc(C=O)cc2s1)C(=O)C1CC1)c1c(Cl)cccc1Cl. The molecule has 2 aromatic carbocycles. The first-order valence-corrected chi connectivity index (χ1v) is 14.4. The van der Waals surface area contributed by atoms with E-state index in [0.29, 0.717) is 50.3 Å². The summed E-state index contributed by atoms with van der Waals surface area (Å²) >= 11 is 13.9. The quantitative estimate of drug-likeness (QED) is 0.224. The van der Waals surface area contributed by atoms with E-state index >= 15 is 0 Å². The lowest BCUT2D eigenvalue weighted by Gasteiger charge is -2.31. The van der Waals surface area contributed by atoms with E-state index in [-0.39, 0.29) is 53.1 Å². The van der Waals surface area contributed by atoms with Gasteiger partial charge in [0.15, 0.2) is 10.9 Å². The Balaban J connectivity index is 1.20. The molecule has 3 atom stereocenters. The minimum absolute atomic E-state index is 0.0289. The number of piperidine rings is 1. The molecular formula is C28H24Cl2F3N3O3S. The smallest absolute Gasteiger partial charge is 0.398 e. The van der Waals surface area contributed by atoms with Crippen molar-refractivity contribution in [2.24, 2.45) is 17.6 Å². The predicted molar refractivity (Wildman–Crippen MR) is 149 cm³/mol. The van der Waals surface area contributed by atoms with Gasteiger partial charge < -0.3 is 15.4 Å². The topological polar surface area (TPSA) is 85.5 Å². The van der Waals surface area contributed by atoms with Gasteiger partial charge in [-0.25, -0.2) is 4.98 Å². The molecule has 6 rings (SSSR count). The summed E-state index contributed by atoms with van der Waals surface area (Å²) in [5.41, 5.74) is 6.39. The van der Waals surface area contributed by atoms with Crippen LogP contribution in [0.25, 0.3) is 15.9 Å². The Morgan fingerprint density at radius 1 is 1.20 bits per heavy atom. The van der Waals surface area contributed by atoms with E-state index in [0.717, 1.165) is 36.7 Å². The van der Waals surface area contributed by atoms with Crippen molar-refractivity contribution < 1.29 is 27.5 Å². The summed E-state index contributed by atoms with van der Waals surface area (Å²) in [6.45, 7) is 0.597. The van der Waals surface area contributed by atoms with Gasteiger partial charge in [-0.15, -0.1) is 0 Å². The van der Waals surface area contributed by atoms with Gasteiger partial charge in [-0.05, 0) is 49.9 Å². The number of fused-ring (bicyclic) bond motifs is 3. The van der Waals surface area contributed by atoms with E-state index < -0.39 is 11.7 Å². The van der Waals surface area contributed by atoms with Crippen LogP contribution >= 0.6 is 34.5 Å². The summed E-state index contributed by atoms with van der Waals surface area (Å²) in [6.07, 6.45) is -1.29. The van der Waals surface area contributed by atoms with Crippen molar-refractivity contribution in [3.8, 4) is 0 Å². The fraction of sp³-hybridized carbons (Fsp3) is 0.393. The number of aromatic nitrogens is 1. The highest BCUT2D eigenvalue weighted by atomic mass is 35.5. The van der Waals surface area contributed by atoms with Crippen molar-refractivity contribution in [2.45, 2.75) is 44.0 Å². The molecule has 40 heavy (non-hydrogen) atoms. The molecule has 12 heteroatoms. The van der Waals surface area contributed by atoms with Crippen LogP contribution in [0.2, 0.25) is 10.0 Å². The van der Waals surface area contributed by atoms with E-state index in [4.69, 9.17) is 33.7 Å². The van der Waals surface area contributed by atoms with Gasteiger partial charge in [0.2, 0.25) is 0 Å². The van der Waals surface area contributed by atoms with Gasteiger partial charge in [-0.2, -0.15) is 13.2 Å². The van der Waals surface area contributed by atoms with Gasteiger partial charge in [0.05, 0.1) is 44.2 Å². The third-order valence-electron chi connectivity index (χ3n) is 7.91. The molecule has 0 spiro atoms. The number of halogens is 5. The second-order valence-electron chi connectivity index (χ2n) is 10.5. The molecule has 3 aliphatic rings. The maximum atomic E-state index is 13.7. The van der Waals surface area contributed by atoms with Crippen LogP contribution in [0.5, 0.6) is 0 Å². The third-order valence-corrected chi connectivity index (χ3v) is 9.58. The molecule has 210 valence electrons. The summed E-state index contributed by atoms with van der Waals surface area (Å²) in [4.78, 5) is 30.8. The van der Waals surface area contributed by atoms with Crippen molar-refractivity contribution in [3.63, 3.8) is 0 Å². The Kier molecular flexibility index (Phi) is 7.09. The van der Waals surface area contributed by atoms with E-state index in [1.165, 1.54) is 6.07 Å². The highest BCUT2D eigenvalue weighted by Crippen LogP contribution is 2.46. The van der Waals surface area contributed by atoms with Gasteiger partial charge in [0.1, 0.15) is 6.29 Å². The largest absolute Gasteiger partial charge is 0.418 e. The first-order valence-electron chi connectivity index (χ1n) is 12.9. The minimum atomic E-state index is -4.62. The van der Waals surface area contributed by atoms with Crippen molar-refractivity contribution in [1.82, 2.24) is 4.98 Å². The molecule has 2 N–H and O–H groups in total. The number of nitrogens with zero attached hydrogens (tertiary/aromatic N) is 2. The number of hydrogen-bond donors (Lipinski definition) is 1. The number of benzene rings is 2. The maximum Gasteiger partial charge on any atom is 0.418 e. The zero-order valence-corrected chi connectivity index (χ0v) is 23.3. The van der Waals surface area contributed by atoms with E-state index in [1.807, 2.05) is 4.90 Å². The normalized spacial score (nSPS) is 23.1. The summed E-state index contributed by atoms with van der Waals surface area (Å²) in [5.74, 6) is -0.00997. The van der Waals surface area contributed by atoms with Gasteiger partial charge in [0.25, 0.3) is 0 Å². The zero-order valence-electron chi connectivity index (χ0n) is 21.0. The molecule has 1 aromatic heterocycles. The van der Waals surface area contributed by atoms with Gasteiger partial charge in [-0.1, -0.05) is 40.6 Å². The van der Waals surface area contributed by atoms with Crippen molar-refractivity contribution in [2.75, 3.05) is 18.1 Å². The molecule has 2 heterocycles. The van der Waals surface area contributed by atoms with Crippen LogP contribution in [0, 0.1) is 11.8 Å². The molecule has 3 fully saturated rings. The second kappa shape index (κ2) is 10.3. The molecule has 3 aromatic rings. The van der Waals surface area contributed by atoms with Gasteiger partial charge in [-0.3, -0.25) is 9.59 Å². The van der Waals surface area contributed by atoms with Crippen molar-refractivity contribution >= 4 is 67.7 Å². The highest BCUT2D eigenvalue weighted by molar-refractivity contribution is 7.22. The van der Waals surface area contributed by atoms with Gasteiger partial charge in [0, 0.05) is 41.1 Å². The number of rotatable bonds is 8. The lowest BCUT2D eigenvalue weighted by atomic mass is 10.0. The molecule has 2 aliphatic carbocycles. The fourth-order valence-corrected chi connectivity index (χ4v) is 7.48. The highest BCUT2D eigenvalue weighted by Gasteiger charge is 2.47. The molecule has 0 amide bonds. The van der Waals surface area contributed by atoms with Crippen LogP contribution in [0.3, 0.4) is 0 Å². The van der Waals surface area contributed by atoms with Crippen LogP contribution in [-0.4, -0.2) is 42.4 Å². The van der Waals surface area contributed by atoms with Crippen molar-refractivity contribution in [1.29, 1.82) is 0 Å². The Hall–Kier alpha value is -2.66. The first kappa shape index (κ1) is 27.5. The molecule has 0 unspecified atom stereocenters. The molecule has 1 aliphatic heterocycles. The number of hydrogen-bond acceptors (Lipinski definition) is 7. The lowest BCUT2D eigenvalue weighted by Crippen LogP contribution is -2.39. The number of carbonyl (C=O) groups is 2. The third kappa shape index (κ3) is 5.00. The van der Waals surface area contributed by atoms with E-state index in [2.05, 4.69) is 4.98 Å². The molecule has 6 nitrogen and oxygen atoms in total. The number of alkyl halides is 3. The lowest BCUT2D eigenvalue weighted by molar-refractivity contribution is -0.136. The zero-order chi connectivity index (χ0) is 28.3. The van der Waals surface area contributed by atoms with E-state index in [1.54, 1.807) is 18.2 Å². The standard InChI is InChI=1S/C28H24Cl2F3N3O3S/c29-19-2-1-3-20(30)23(19)24(34)17(26(38)14-4-5-14)12-39-21-9-16-8-15(21)10-36(16)27-35-25-18(28(31,32)33)6-13(11-37)7-22(25)40-27/h1-3,6-7,11,14-16,21H,4-5,8-10,12,34H2/t15-,16-,21+/m0/s1. The van der Waals surface area contributed by atoms with Crippen LogP contribution in [0.4, 0.5) is 18.3 Å². The average Bonchev–Trinajstić information content (AvgIpc) is 3.36. The number of nitrogens with two attached hydrogens (primary N) is 1. The second-order valence-corrected chi connectivity index (χ2v) is 12.4. The number of aldehydes is 1. The Bertz CT molecular complexity index is 1530. The molecule has 1 saturated heterocycles. The first-order chi connectivity index (χ1) is 19.0. The summed E-state index contributed by atoms with van der Waals surface area (Å²) in [5, 5.41) is 1.20. The summed E-state index contributed by atoms with van der Waals surface area (Å²) in [6, 6.07) is 7.36. The number of thiazole rings is 1. The average molecular weight is 610 g/mol. The van der Waals surface area contributed by atoms with Crippen LogP contribution in [0.1, 0.15) is 47.2 Å². The molecule has 2 saturated carbocycles. The van der Waals surface area contributed by atoms with Crippen LogP contribution in [-0.2, 0) is 15.7 Å². The maximum absolute atomic E-state index is 13.7. The number of anilines is 1. The Morgan fingerprint density at radius 3 is 2.52 bits per heavy atom. The van der Waals surface area contributed by atoms with Gasteiger partial charge >= 0.3 is 6.18 Å². The fourth-order valence-electron chi connectivity index (χ4n) is 5.76. The molecule has 0 radical (unpaired) electrons. The number of Topliss-reactive ketones (excluding diaryl/α,β-unsaturated/α-hetero) is 1. The molecular weight excluding hydrogens is 586 g/mol. The predicted octanol–water partition coefficient (Wildman–Crippen LogP) is 6.77. The molecule has 2 bridgehead atoms.